The molecule has 2 aromatic carbocycles. The largest absolute Gasteiger partial charge is 0.507 e. The number of rotatable bonds is 0. The number of phenolic OH excluding ortho intramolecular Hbond substituents is 1. The third kappa shape index (κ3) is 1.56. The van der Waals surface area contributed by atoms with Crippen LogP contribution in [0.25, 0.3) is 0 Å². The van der Waals surface area contributed by atoms with Gasteiger partial charge in [-0.2, -0.15) is 0 Å². The molecule has 0 aromatic heterocycles. The maximum absolute atomic E-state index is 9.67. The number of phenols is 1. The smallest absolute Gasteiger partial charge is 0.130 e. The van der Waals surface area contributed by atoms with Crippen molar-refractivity contribution in [3.63, 3.8) is 0 Å². The highest BCUT2D eigenvalue weighted by atomic mass is 127. The first kappa shape index (κ1) is 10.3. The van der Waals surface area contributed by atoms with Gasteiger partial charge < -0.3 is 10.4 Å². The van der Waals surface area contributed by atoms with Gasteiger partial charge in [0.05, 0.1) is 19.8 Å². The van der Waals surface area contributed by atoms with Crippen LogP contribution in [0, 0.1) is 3.57 Å². The normalized spacial score (nSPS) is 12.6. The van der Waals surface area contributed by atoms with Crippen LogP contribution in [-0.2, 0) is 0 Å². The van der Waals surface area contributed by atoms with Gasteiger partial charge in [-0.05, 0) is 46.9 Å². The van der Waals surface area contributed by atoms with E-state index < -0.39 is 0 Å². The molecule has 2 aromatic rings. The number of hydrogen-bond acceptors (Lipinski definition) is 3. The standard InChI is InChI=1S/C12H8INOS/c13-11-9(15)6-5-8-12(11)16-10-4-2-1-3-7(10)14-8/h1-6,14-15H. The molecule has 4 heteroatoms. The van der Waals surface area contributed by atoms with E-state index >= 15 is 0 Å². The van der Waals surface area contributed by atoms with Crippen LogP contribution in [0.5, 0.6) is 5.75 Å². The van der Waals surface area contributed by atoms with Crippen molar-refractivity contribution >= 4 is 45.7 Å². The minimum atomic E-state index is 0.341. The third-order valence-electron chi connectivity index (χ3n) is 2.45. The Balaban J connectivity index is 2.16. The van der Waals surface area contributed by atoms with Crippen molar-refractivity contribution in [3.8, 4) is 5.75 Å². The monoisotopic (exact) mass is 341 g/mol. The Hall–Kier alpha value is -0.880. The van der Waals surface area contributed by atoms with E-state index in [-0.39, 0.29) is 0 Å². The van der Waals surface area contributed by atoms with Crippen LogP contribution in [0.3, 0.4) is 0 Å². The second-order valence-corrected chi connectivity index (χ2v) is 5.63. The molecular weight excluding hydrogens is 333 g/mol. The Kier molecular flexibility index (Phi) is 2.48. The quantitative estimate of drug-likeness (QED) is 0.475. The summed E-state index contributed by atoms with van der Waals surface area (Å²) < 4.78 is 0.905. The van der Waals surface area contributed by atoms with Crippen LogP contribution in [0.4, 0.5) is 11.4 Å². The summed E-state index contributed by atoms with van der Waals surface area (Å²) in [4.78, 5) is 2.29. The predicted molar refractivity (Wildman–Crippen MR) is 74.7 cm³/mol. The summed E-state index contributed by atoms with van der Waals surface area (Å²) >= 11 is 3.87. The molecule has 0 spiro atoms. The van der Waals surface area contributed by atoms with Crippen LogP contribution in [0.15, 0.2) is 46.2 Å². The van der Waals surface area contributed by atoms with Crippen LogP contribution in [0.1, 0.15) is 0 Å². The van der Waals surface area contributed by atoms with Crippen molar-refractivity contribution in [2.45, 2.75) is 9.79 Å². The summed E-state index contributed by atoms with van der Waals surface area (Å²) in [6.07, 6.45) is 0. The lowest BCUT2D eigenvalue weighted by molar-refractivity contribution is 0.469. The Morgan fingerprint density at radius 3 is 2.75 bits per heavy atom. The molecule has 1 heterocycles. The highest BCUT2D eigenvalue weighted by Crippen LogP contribution is 2.47. The maximum atomic E-state index is 9.67. The minimum absolute atomic E-state index is 0.341. The summed E-state index contributed by atoms with van der Waals surface area (Å²) in [5.74, 6) is 0.341. The highest BCUT2D eigenvalue weighted by molar-refractivity contribution is 14.1. The second kappa shape index (κ2) is 3.85. The van der Waals surface area contributed by atoms with E-state index in [2.05, 4.69) is 40.0 Å². The van der Waals surface area contributed by atoms with Gasteiger partial charge in [-0.1, -0.05) is 23.9 Å². The fraction of sp³-hybridized carbons (Fsp3) is 0. The van der Waals surface area contributed by atoms with E-state index in [0.717, 1.165) is 19.8 Å². The van der Waals surface area contributed by atoms with Gasteiger partial charge in [0.1, 0.15) is 5.75 Å². The van der Waals surface area contributed by atoms with Gasteiger partial charge in [0.15, 0.2) is 0 Å². The van der Waals surface area contributed by atoms with Crippen molar-refractivity contribution in [2.75, 3.05) is 5.32 Å². The number of halogens is 1. The van der Waals surface area contributed by atoms with Crippen molar-refractivity contribution in [1.82, 2.24) is 0 Å². The molecule has 0 fully saturated rings. The molecule has 2 N–H and O–H groups in total. The topological polar surface area (TPSA) is 32.3 Å². The molecule has 1 aliphatic heterocycles. The Morgan fingerprint density at radius 1 is 1.06 bits per heavy atom. The molecular formula is C12H8INOS. The predicted octanol–water partition coefficient (Wildman–Crippen LogP) is 4.21. The summed E-state index contributed by atoms with van der Waals surface area (Å²) in [5, 5.41) is 13.0. The van der Waals surface area contributed by atoms with Gasteiger partial charge in [0.25, 0.3) is 0 Å². The number of hydrogen-bond donors (Lipinski definition) is 2. The molecule has 0 unspecified atom stereocenters. The number of para-hydroxylation sites is 1. The molecule has 0 aliphatic carbocycles. The number of fused-ring (bicyclic) bond motifs is 2. The van der Waals surface area contributed by atoms with Crippen molar-refractivity contribution < 1.29 is 5.11 Å². The number of aromatic hydroxyl groups is 1. The first-order chi connectivity index (χ1) is 7.75. The third-order valence-corrected chi connectivity index (χ3v) is 5.11. The first-order valence-electron chi connectivity index (χ1n) is 4.81. The van der Waals surface area contributed by atoms with Gasteiger partial charge in [0, 0.05) is 4.90 Å². The van der Waals surface area contributed by atoms with E-state index in [1.165, 1.54) is 4.90 Å². The van der Waals surface area contributed by atoms with E-state index in [9.17, 15) is 5.11 Å². The van der Waals surface area contributed by atoms with Gasteiger partial charge in [-0.3, -0.25) is 0 Å². The fourth-order valence-corrected chi connectivity index (χ4v) is 3.48. The summed E-state index contributed by atoms with van der Waals surface area (Å²) in [5.41, 5.74) is 2.19. The van der Waals surface area contributed by atoms with E-state index in [1.54, 1.807) is 17.8 Å². The fourth-order valence-electron chi connectivity index (χ4n) is 1.66. The SMILES string of the molecule is Oc1ccc2c(c1I)Sc1ccccc1N2. The van der Waals surface area contributed by atoms with Gasteiger partial charge in [-0.15, -0.1) is 0 Å². The van der Waals surface area contributed by atoms with Crippen LogP contribution >= 0.6 is 34.4 Å². The molecule has 0 saturated heterocycles. The van der Waals surface area contributed by atoms with Crippen molar-refractivity contribution in [3.05, 3.63) is 40.0 Å². The maximum Gasteiger partial charge on any atom is 0.130 e. The Labute approximate surface area is 111 Å². The van der Waals surface area contributed by atoms with Crippen LogP contribution in [0.2, 0.25) is 0 Å². The van der Waals surface area contributed by atoms with Crippen molar-refractivity contribution in [1.29, 1.82) is 0 Å². The number of benzene rings is 2. The number of nitrogens with one attached hydrogen (secondary N) is 1. The molecule has 1 aliphatic rings. The molecule has 0 saturated carbocycles. The van der Waals surface area contributed by atoms with E-state index in [0.29, 0.717) is 5.75 Å². The molecule has 16 heavy (non-hydrogen) atoms. The average Bonchev–Trinajstić information content (AvgIpc) is 2.32. The lowest BCUT2D eigenvalue weighted by Crippen LogP contribution is -2.00. The molecule has 0 radical (unpaired) electrons. The lowest BCUT2D eigenvalue weighted by Gasteiger charge is -2.21. The molecule has 3 rings (SSSR count). The zero-order valence-corrected chi connectivity index (χ0v) is 11.2. The molecule has 2 nitrogen and oxygen atoms in total. The summed E-state index contributed by atoms with van der Waals surface area (Å²) in [6.45, 7) is 0. The van der Waals surface area contributed by atoms with Crippen LogP contribution < -0.4 is 5.32 Å². The first-order valence-corrected chi connectivity index (χ1v) is 6.70. The van der Waals surface area contributed by atoms with Gasteiger partial charge in [-0.25, -0.2) is 0 Å². The van der Waals surface area contributed by atoms with E-state index in [1.807, 2.05) is 18.2 Å². The molecule has 0 bridgehead atoms. The van der Waals surface area contributed by atoms with Crippen molar-refractivity contribution in [2.24, 2.45) is 0 Å². The Bertz CT molecular complexity index is 571. The minimum Gasteiger partial charge on any atom is -0.507 e. The van der Waals surface area contributed by atoms with Gasteiger partial charge >= 0.3 is 0 Å². The molecule has 80 valence electrons. The van der Waals surface area contributed by atoms with Gasteiger partial charge in [0.2, 0.25) is 0 Å². The Morgan fingerprint density at radius 2 is 1.88 bits per heavy atom. The highest BCUT2D eigenvalue weighted by Gasteiger charge is 2.18. The van der Waals surface area contributed by atoms with E-state index in [4.69, 9.17) is 0 Å². The zero-order chi connectivity index (χ0) is 11.1. The zero-order valence-electron chi connectivity index (χ0n) is 8.20. The van der Waals surface area contributed by atoms with Crippen LogP contribution in [-0.4, -0.2) is 5.11 Å². The molecule has 0 amide bonds. The molecule has 0 atom stereocenters. The number of anilines is 2. The average molecular weight is 341 g/mol. The second-order valence-electron chi connectivity index (χ2n) is 3.50. The summed E-state index contributed by atoms with van der Waals surface area (Å²) in [6, 6.07) is 11.8. The summed E-state index contributed by atoms with van der Waals surface area (Å²) in [7, 11) is 0. The lowest BCUT2D eigenvalue weighted by atomic mass is 10.2.